The zero-order valence-corrected chi connectivity index (χ0v) is 18.2. The van der Waals surface area contributed by atoms with Crippen LogP contribution < -0.4 is 5.43 Å². The van der Waals surface area contributed by atoms with Crippen molar-refractivity contribution >= 4 is 50.1 Å². The van der Waals surface area contributed by atoms with Crippen molar-refractivity contribution in [3.63, 3.8) is 0 Å². The van der Waals surface area contributed by atoms with Gasteiger partial charge in [-0.1, -0.05) is 29.8 Å². The van der Waals surface area contributed by atoms with E-state index in [1.165, 1.54) is 22.7 Å². The van der Waals surface area contributed by atoms with E-state index in [0.717, 1.165) is 17.0 Å². The first-order valence-electron chi connectivity index (χ1n) is 9.57. The summed E-state index contributed by atoms with van der Waals surface area (Å²) in [4.78, 5) is 15.0. The maximum absolute atomic E-state index is 12.8. The average Bonchev–Trinajstić information content (AvgIpc) is 2.80. The lowest BCUT2D eigenvalue weighted by molar-refractivity contribution is -0.384. The number of pyridine rings is 1. The Bertz CT molecular complexity index is 1310. The number of hydrogen-bond acceptors (Lipinski definition) is 8. The third-order valence-electron chi connectivity index (χ3n) is 4.87. The number of nitro groups is 1. The Hall–Kier alpha value is -3.12. The van der Waals surface area contributed by atoms with Crippen LogP contribution in [0.2, 0.25) is 5.15 Å². The van der Waals surface area contributed by atoms with Gasteiger partial charge in [0, 0.05) is 30.1 Å². The summed E-state index contributed by atoms with van der Waals surface area (Å²) in [6.45, 7) is 0.950. The summed E-state index contributed by atoms with van der Waals surface area (Å²) >= 11 is 6.19. The third-order valence-corrected chi connectivity index (χ3v) is 7.06. The minimum absolute atomic E-state index is 0.0389. The van der Waals surface area contributed by atoms with Crippen LogP contribution in [0.15, 0.2) is 58.5 Å². The maximum atomic E-state index is 12.8. The van der Waals surface area contributed by atoms with Gasteiger partial charge in [-0.15, -0.1) is 0 Å². The number of hydrogen-bond donors (Lipinski definition) is 1. The molecule has 0 aliphatic carbocycles. The second-order valence-electron chi connectivity index (χ2n) is 6.88. The third kappa shape index (κ3) is 4.55. The molecule has 1 saturated heterocycles. The van der Waals surface area contributed by atoms with Gasteiger partial charge in [-0.05, 0) is 24.3 Å². The molecule has 4 rings (SSSR count). The Balaban J connectivity index is 1.59. The average molecular weight is 476 g/mol. The number of nitrogens with zero attached hydrogens (tertiary/aromatic N) is 4. The standard InChI is InChI=1S/C20H18ClN5O5S/c21-20-15(11-14-3-1-2-4-17(14)23-20)13-22-24-18-6-5-16(12-19(18)26(27)28)32(29,30)25-7-9-31-10-8-25/h1-6,11-13,24H,7-10H2/b22-13-. The predicted molar refractivity (Wildman–Crippen MR) is 121 cm³/mol. The monoisotopic (exact) mass is 475 g/mol. The molecule has 166 valence electrons. The molecule has 0 radical (unpaired) electrons. The fourth-order valence-electron chi connectivity index (χ4n) is 3.22. The molecule has 1 aliphatic heterocycles. The van der Waals surface area contributed by atoms with Crippen molar-refractivity contribution in [2.75, 3.05) is 31.7 Å². The lowest BCUT2D eigenvalue weighted by Crippen LogP contribution is -2.40. The number of nitro benzene ring substituents is 1. The molecule has 0 bridgehead atoms. The molecule has 0 atom stereocenters. The highest BCUT2D eigenvalue weighted by atomic mass is 35.5. The second-order valence-corrected chi connectivity index (χ2v) is 9.18. The van der Waals surface area contributed by atoms with Gasteiger partial charge >= 0.3 is 0 Å². The summed E-state index contributed by atoms with van der Waals surface area (Å²) in [7, 11) is -3.87. The summed E-state index contributed by atoms with van der Waals surface area (Å²) in [5, 5.41) is 16.7. The van der Waals surface area contributed by atoms with Crippen LogP contribution in [0, 0.1) is 10.1 Å². The zero-order valence-electron chi connectivity index (χ0n) is 16.6. The molecular formula is C20H18ClN5O5S. The number of nitrogens with one attached hydrogen (secondary N) is 1. The molecular weight excluding hydrogens is 458 g/mol. The first-order valence-corrected chi connectivity index (χ1v) is 11.4. The maximum Gasteiger partial charge on any atom is 0.295 e. The summed E-state index contributed by atoms with van der Waals surface area (Å²) in [5.74, 6) is 0. The van der Waals surface area contributed by atoms with Gasteiger partial charge in [-0.25, -0.2) is 13.4 Å². The molecule has 32 heavy (non-hydrogen) atoms. The molecule has 3 aromatic rings. The highest BCUT2D eigenvalue weighted by molar-refractivity contribution is 7.89. The van der Waals surface area contributed by atoms with Gasteiger partial charge in [0.15, 0.2) is 0 Å². The van der Waals surface area contributed by atoms with Crippen LogP contribution in [0.3, 0.4) is 0 Å². The van der Waals surface area contributed by atoms with E-state index in [9.17, 15) is 18.5 Å². The van der Waals surface area contributed by atoms with Crippen molar-refractivity contribution in [2.45, 2.75) is 4.90 Å². The minimum atomic E-state index is -3.87. The van der Waals surface area contributed by atoms with E-state index in [2.05, 4.69) is 15.5 Å². The quantitative estimate of drug-likeness (QED) is 0.251. The van der Waals surface area contributed by atoms with Crippen LogP contribution in [0.25, 0.3) is 10.9 Å². The molecule has 0 amide bonds. The SMILES string of the molecule is O=[N+]([O-])c1cc(S(=O)(=O)N2CCOCC2)ccc1N/N=C\c1cc2ccccc2nc1Cl. The largest absolute Gasteiger partial charge is 0.379 e. The van der Waals surface area contributed by atoms with E-state index < -0.39 is 20.6 Å². The smallest absolute Gasteiger partial charge is 0.295 e. The first kappa shape index (κ1) is 22.1. The van der Waals surface area contributed by atoms with Gasteiger partial charge in [0.2, 0.25) is 10.0 Å². The van der Waals surface area contributed by atoms with Gasteiger partial charge in [-0.3, -0.25) is 15.5 Å². The van der Waals surface area contributed by atoms with Crippen LogP contribution in [0.5, 0.6) is 0 Å². The molecule has 12 heteroatoms. The molecule has 10 nitrogen and oxygen atoms in total. The van der Waals surface area contributed by atoms with E-state index in [4.69, 9.17) is 16.3 Å². The summed E-state index contributed by atoms with van der Waals surface area (Å²) in [6.07, 6.45) is 1.39. The molecule has 1 N–H and O–H groups in total. The van der Waals surface area contributed by atoms with E-state index in [1.807, 2.05) is 24.3 Å². The summed E-state index contributed by atoms with van der Waals surface area (Å²) in [6, 6.07) is 12.9. The Kier molecular flexibility index (Phi) is 6.33. The van der Waals surface area contributed by atoms with Gasteiger partial charge < -0.3 is 4.74 Å². The molecule has 0 saturated carbocycles. The molecule has 2 heterocycles. The molecule has 1 aliphatic rings. The molecule has 0 unspecified atom stereocenters. The Morgan fingerprint density at radius 2 is 1.94 bits per heavy atom. The number of anilines is 1. The van der Waals surface area contributed by atoms with Crippen molar-refractivity contribution < 1.29 is 18.1 Å². The van der Waals surface area contributed by atoms with E-state index in [-0.39, 0.29) is 42.0 Å². The van der Waals surface area contributed by atoms with Gasteiger partial charge in [0.25, 0.3) is 5.69 Å². The van der Waals surface area contributed by atoms with Crippen LogP contribution in [0.1, 0.15) is 5.56 Å². The number of halogens is 1. The number of sulfonamides is 1. The molecule has 1 fully saturated rings. The topological polar surface area (TPSA) is 127 Å². The van der Waals surface area contributed by atoms with Gasteiger partial charge in [-0.2, -0.15) is 9.41 Å². The Labute approximate surface area is 188 Å². The number of para-hydroxylation sites is 1. The van der Waals surface area contributed by atoms with E-state index in [1.54, 1.807) is 6.07 Å². The lowest BCUT2D eigenvalue weighted by atomic mass is 10.2. The number of benzene rings is 2. The fraction of sp³-hybridized carbons (Fsp3) is 0.200. The van der Waals surface area contributed by atoms with Crippen LogP contribution in [-0.4, -0.2) is 55.1 Å². The molecule has 1 aromatic heterocycles. The van der Waals surface area contributed by atoms with Crippen LogP contribution in [0.4, 0.5) is 11.4 Å². The number of ether oxygens (including phenoxy) is 1. The second kappa shape index (κ2) is 9.17. The van der Waals surface area contributed by atoms with Crippen molar-refractivity contribution in [3.05, 3.63) is 69.4 Å². The molecule has 2 aromatic carbocycles. The number of morpholine rings is 1. The van der Waals surface area contributed by atoms with Gasteiger partial charge in [0.05, 0.1) is 34.8 Å². The first-order chi connectivity index (χ1) is 15.4. The van der Waals surface area contributed by atoms with Gasteiger partial charge in [0.1, 0.15) is 10.8 Å². The number of hydrazone groups is 1. The van der Waals surface area contributed by atoms with Crippen molar-refractivity contribution in [1.29, 1.82) is 0 Å². The van der Waals surface area contributed by atoms with Crippen molar-refractivity contribution in [2.24, 2.45) is 5.10 Å². The number of fused-ring (bicyclic) bond motifs is 1. The summed E-state index contributed by atoms with van der Waals surface area (Å²) in [5.41, 5.74) is 3.46. The normalized spacial score (nSPS) is 15.3. The molecule has 0 spiro atoms. The van der Waals surface area contributed by atoms with E-state index in [0.29, 0.717) is 5.56 Å². The van der Waals surface area contributed by atoms with Crippen molar-refractivity contribution in [3.8, 4) is 0 Å². The summed E-state index contributed by atoms with van der Waals surface area (Å²) < 4.78 is 32.0. The van der Waals surface area contributed by atoms with E-state index >= 15 is 0 Å². The lowest BCUT2D eigenvalue weighted by Gasteiger charge is -2.26. The number of aromatic nitrogens is 1. The minimum Gasteiger partial charge on any atom is -0.379 e. The highest BCUT2D eigenvalue weighted by Crippen LogP contribution is 2.29. The predicted octanol–water partition coefficient (Wildman–Crippen LogP) is 3.26. The Morgan fingerprint density at radius 1 is 1.19 bits per heavy atom. The van der Waals surface area contributed by atoms with Crippen LogP contribution >= 0.6 is 11.6 Å². The Morgan fingerprint density at radius 3 is 2.69 bits per heavy atom. The van der Waals surface area contributed by atoms with Crippen molar-refractivity contribution in [1.82, 2.24) is 9.29 Å². The zero-order chi connectivity index (χ0) is 22.7. The highest BCUT2D eigenvalue weighted by Gasteiger charge is 2.28. The fourth-order valence-corrected chi connectivity index (χ4v) is 4.85. The number of rotatable bonds is 6. The van der Waals surface area contributed by atoms with Crippen LogP contribution in [-0.2, 0) is 14.8 Å².